The molecule has 5 nitrogen and oxygen atoms in total. The van der Waals surface area contributed by atoms with Crippen molar-refractivity contribution in [1.29, 1.82) is 0 Å². The van der Waals surface area contributed by atoms with Gasteiger partial charge in [0.1, 0.15) is 0 Å². The predicted molar refractivity (Wildman–Crippen MR) is 75.6 cm³/mol. The van der Waals surface area contributed by atoms with E-state index in [1.165, 1.54) is 19.3 Å². The van der Waals surface area contributed by atoms with E-state index in [1.807, 2.05) is 7.05 Å². The molecule has 2 rings (SSSR count). The SMILES string of the molecule is CCNC1CCC(C(C)C)CC1Cc1nnn(C)n1. The Morgan fingerprint density at radius 1 is 1.37 bits per heavy atom. The first-order valence-electron chi connectivity index (χ1n) is 7.56. The third-order valence-electron chi connectivity index (χ3n) is 4.43. The quantitative estimate of drug-likeness (QED) is 0.882. The molecule has 1 fully saturated rings. The molecule has 1 saturated carbocycles. The van der Waals surface area contributed by atoms with Gasteiger partial charge in [-0.05, 0) is 48.8 Å². The van der Waals surface area contributed by atoms with Crippen LogP contribution in [0.4, 0.5) is 0 Å². The molecule has 0 spiro atoms. The number of rotatable bonds is 5. The van der Waals surface area contributed by atoms with Gasteiger partial charge in [0.2, 0.25) is 0 Å². The third-order valence-corrected chi connectivity index (χ3v) is 4.43. The molecule has 1 aromatic heterocycles. The molecule has 1 aliphatic rings. The van der Waals surface area contributed by atoms with Crippen LogP contribution in [0.5, 0.6) is 0 Å². The maximum Gasteiger partial charge on any atom is 0.175 e. The Balaban J connectivity index is 2.02. The van der Waals surface area contributed by atoms with Crippen LogP contribution in [0.25, 0.3) is 0 Å². The number of aryl methyl sites for hydroxylation is 1. The van der Waals surface area contributed by atoms with Crippen LogP contribution < -0.4 is 5.32 Å². The summed E-state index contributed by atoms with van der Waals surface area (Å²) < 4.78 is 0. The summed E-state index contributed by atoms with van der Waals surface area (Å²) >= 11 is 0. The van der Waals surface area contributed by atoms with E-state index >= 15 is 0 Å². The number of nitrogens with zero attached hydrogens (tertiary/aromatic N) is 4. The summed E-state index contributed by atoms with van der Waals surface area (Å²) in [5.41, 5.74) is 0. The molecule has 0 aliphatic heterocycles. The van der Waals surface area contributed by atoms with Crippen LogP contribution in [0.15, 0.2) is 0 Å². The van der Waals surface area contributed by atoms with Crippen molar-refractivity contribution in [2.45, 2.75) is 52.5 Å². The molecule has 1 heterocycles. The maximum atomic E-state index is 4.34. The fourth-order valence-electron chi connectivity index (χ4n) is 3.30. The van der Waals surface area contributed by atoms with Gasteiger partial charge in [0.25, 0.3) is 0 Å². The van der Waals surface area contributed by atoms with E-state index in [4.69, 9.17) is 0 Å². The van der Waals surface area contributed by atoms with Gasteiger partial charge in [-0.3, -0.25) is 0 Å². The first kappa shape index (κ1) is 14.4. The fraction of sp³-hybridized carbons (Fsp3) is 0.929. The van der Waals surface area contributed by atoms with E-state index in [2.05, 4.69) is 41.5 Å². The Bertz CT molecular complexity index is 387. The zero-order valence-electron chi connectivity index (χ0n) is 12.6. The standard InChI is InChI=1S/C14H27N5/c1-5-15-13-7-6-11(10(2)3)8-12(13)9-14-16-18-19(4)17-14/h10-13,15H,5-9H2,1-4H3. The minimum absolute atomic E-state index is 0.615. The van der Waals surface area contributed by atoms with Gasteiger partial charge in [0.05, 0.1) is 7.05 Å². The normalized spacial score (nSPS) is 27.9. The van der Waals surface area contributed by atoms with Crippen molar-refractivity contribution in [2.24, 2.45) is 24.8 Å². The van der Waals surface area contributed by atoms with Gasteiger partial charge in [0.15, 0.2) is 5.82 Å². The molecule has 19 heavy (non-hydrogen) atoms. The van der Waals surface area contributed by atoms with Crippen LogP contribution in [0.1, 0.15) is 45.9 Å². The Hall–Kier alpha value is -0.970. The van der Waals surface area contributed by atoms with Crippen LogP contribution >= 0.6 is 0 Å². The molecule has 0 radical (unpaired) electrons. The Morgan fingerprint density at radius 3 is 2.74 bits per heavy atom. The summed E-state index contributed by atoms with van der Waals surface area (Å²) in [7, 11) is 1.83. The van der Waals surface area contributed by atoms with Crippen molar-refractivity contribution in [3.8, 4) is 0 Å². The van der Waals surface area contributed by atoms with Gasteiger partial charge in [0, 0.05) is 12.5 Å². The van der Waals surface area contributed by atoms with Gasteiger partial charge >= 0.3 is 0 Å². The van der Waals surface area contributed by atoms with Gasteiger partial charge in [-0.25, -0.2) is 0 Å². The number of hydrogen-bond acceptors (Lipinski definition) is 4. The second-order valence-electron chi connectivity index (χ2n) is 6.14. The molecule has 0 amide bonds. The molecule has 1 N–H and O–H groups in total. The molecule has 3 atom stereocenters. The van der Waals surface area contributed by atoms with Crippen LogP contribution in [0.3, 0.4) is 0 Å². The molecule has 1 aliphatic carbocycles. The van der Waals surface area contributed by atoms with Crippen molar-refractivity contribution in [2.75, 3.05) is 6.54 Å². The maximum absolute atomic E-state index is 4.34. The number of tetrazole rings is 1. The van der Waals surface area contributed by atoms with Crippen molar-refractivity contribution >= 4 is 0 Å². The van der Waals surface area contributed by atoms with Gasteiger partial charge in [-0.2, -0.15) is 4.80 Å². The predicted octanol–water partition coefficient (Wildman–Crippen LogP) is 1.80. The summed E-state index contributed by atoms with van der Waals surface area (Å²) in [6.07, 6.45) is 4.86. The number of hydrogen-bond donors (Lipinski definition) is 1. The van der Waals surface area contributed by atoms with E-state index in [-0.39, 0.29) is 0 Å². The summed E-state index contributed by atoms with van der Waals surface area (Å²) in [5, 5.41) is 16.1. The average molecular weight is 265 g/mol. The summed E-state index contributed by atoms with van der Waals surface area (Å²) in [6.45, 7) is 7.92. The zero-order valence-corrected chi connectivity index (χ0v) is 12.6. The summed E-state index contributed by atoms with van der Waals surface area (Å²) in [4.78, 5) is 1.56. The lowest BCUT2D eigenvalue weighted by Gasteiger charge is -2.38. The van der Waals surface area contributed by atoms with Crippen molar-refractivity contribution in [3.63, 3.8) is 0 Å². The minimum atomic E-state index is 0.615. The summed E-state index contributed by atoms with van der Waals surface area (Å²) in [5.74, 6) is 3.15. The van der Waals surface area contributed by atoms with E-state index < -0.39 is 0 Å². The van der Waals surface area contributed by atoms with Crippen LogP contribution in [-0.4, -0.2) is 32.8 Å². The fourth-order valence-corrected chi connectivity index (χ4v) is 3.30. The molecule has 3 unspecified atom stereocenters. The molecule has 0 aromatic carbocycles. The number of nitrogens with one attached hydrogen (secondary N) is 1. The lowest BCUT2D eigenvalue weighted by Crippen LogP contribution is -2.42. The summed E-state index contributed by atoms with van der Waals surface area (Å²) in [6, 6.07) is 0.615. The van der Waals surface area contributed by atoms with E-state index in [9.17, 15) is 0 Å². The highest BCUT2D eigenvalue weighted by molar-refractivity contribution is 4.91. The zero-order chi connectivity index (χ0) is 13.8. The van der Waals surface area contributed by atoms with Gasteiger partial charge in [-0.1, -0.05) is 20.8 Å². The van der Waals surface area contributed by atoms with E-state index in [0.29, 0.717) is 12.0 Å². The van der Waals surface area contributed by atoms with E-state index in [0.717, 1.165) is 30.6 Å². The van der Waals surface area contributed by atoms with Gasteiger partial charge < -0.3 is 5.32 Å². The lowest BCUT2D eigenvalue weighted by atomic mass is 9.72. The highest BCUT2D eigenvalue weighted by atomic mass is 15.6. The van der Waals surface area contributed by atoms with E-state index in [1.54, 1.807) is 4.80 Å². The molecular weight excluding hydrogens is 238 g/mol. The van der Waals surface area contributed by atoms with Crippen LogP contribution in [-0.2, 0) is 13.5 Å². The Morgan fingerprint density at radius 2 is 2.16 bits per heavy atom. The smallest absolute Gasteiger partial charge is 0.175 e. The molecule has 108 valence electrons. The Kier molecular flexibility index (Phi) is 4.91. The molecular formula is C14H27N5. The van der Waals surface area contributed by atoms with Crippen molar-refractivity contribution < 1.29 is 0 Å². The average Bonchev–Trinajstić information content (AvgIpc) is 2.77. The minimum Gasteiger partial charge on any atom is -0.314 e. The van der Waals surface area contributed by atoms with Crippen molar-refractivity contribution in [1.82, 2.24) is 25.5 Å². The second-order valence-corrected chi connectivity index (χ2v) is 6.14. The topological polar surface area (TPSA) is 55.6 Å². The third kappa shape index (κ3) is 3.75. The number of aromatic nitrogens is 4. The lowest BCUT2D eigenvalue weighted by molar-refractivity contribution is 0.167. The molecule has 0 saturated heterocycles. The monoisotopic (exact) mass is 265 g/mol. The van der Waals surface area contributed by atoms with Crippen LogP contribution in [0, 0.1) is 17.8 Å². The molecule has 1 aromatic rings. The Labute approximate surface area is 116 Å². The van der Waals surface area contributed by atoms with Crippen LogP contribution in [0.2, 0.25) is 0 Å². The first-order chi connectivity index (χ1) is 9.10. The largest absolute Gasteiger partial charge is 0.314 e. The first-order valence-corrected chi connectivity index (χ1v) is 7.56. The van der Waals surface area contributed by atoms with Gasteiger partial charge in [-0.15, -0.1) is 10.2 Å². The van der Waals surface area contributed by atoms with Crippen molar-refractivity contribution in [3.05, 3.63) is 5.82 Å². The highest BCUT2D eigenvalue weighted by Crippen LogP contribution is 2.35. The second kappa shape index (κ2) is 6.46. The highest BCUT2D eigenvalue weighted by Gasteiger charge is 2.32. The molecule has 0 bridgehead atoms. The molecule has 5 heteroatoms.